The number of aliphatic hydroxyl groups excluding tert-OH is 1. The molecule has 0 aliphatic rings. The van der Waals surface area contributed by atoms with Crippen LogP contribution in [0.5, 0.6) is 5.75 Å². The minimum atomic E-state index is -0.546. The Bertz CT molecular complexity index is 866. The summed E-state index contributed by atoms with van der Waals surface area (Å²) in [6, 6.07) is 26.6. The summed E-state index contributed by atoms with van der Waals surface area (Å²) < 4.78 is 11.0. The van der Waals surface area contributed by atoms with Crippen molar-refractivity contribution in [1.82, 2.24) is 5.32 Å². The molecule has 5 heteroatoms. The van der Waals surface area contributed by atoms with E-state index in [0.29, 0.717) is 13.0 Å². The number of alkyl carbamates (subject to hydrolysis) is 1. The van der Waals surface area contributed by atoms with Gasteiger partial charge >= 0.3 is 6.09 Å². The van der Waals surface area contributed by atoms with Crippen LogP contribution in [0.3, 0.4) is 0 Å². The summed E-state index contributed by atoms with van der Waals surface area (Å²) in [6.45, 7) is 0.527. The van der Waals surface area contributed by atoms with E-state index in [1.807, 2.05) is 84.9 Å². The van der Waals surface area contributed by atoms with Crippen LogP contribution in [0.2, 0.25) is 0 Å². The molecule has 0 aliphatic heterocycles. The van der Waals surface area contributed by atoms with E-state index in [1.54, 1.807) is 0 Å². The van der Waals surface area contributed by atoms with E-state index in [2.05, 4.69) is 5.32 Å². The Morgan fingerprint density at radius 3 is 1.97 bits per heavy atom. The maximum absolute atomic E-state index is 12.0. The van der Waals surface area contributed by atoms with Crippen molar-refractivity contribution in [3.05, 3.63) is 102 Å². The van der Waals surface area contributed by atoms with Gasteiger partial charge in [0.25, 0.3) is 0 Å². The lowest BCUT2D eigenvalue weighted by Gasteiger charge is -2.16. The number of amides is 1. The molecule has 0 aliphatic carbocycles. The van der Waals surface area contributed by atoms with Crippen molar-refractivity contribution in [2.75, 3.05) is 6.61 Å². The molecule has 1 atom stereocenters. The van der Waals surface area contributed by atoms with Crippen LogP contribution in [0, 0.1) is 0 Å². The van der Waals surface area contributed by atoms with Crippen molar-refractivity contribution >= 4 is 6.09 Å². The molecular weight excluding hydrogens is 366 g/mol. The first-order valence-corrected chi connectivity index (χ1v) is 9.56. The van der Waals surface area contributed by atoms with Gasteiger partial charge in [-0.1, -0.05) is 72.8 Å². The smallest absolute Gasteiger partial charge is 0.407 e. The van der Waals surface area contributed by atoms with Crippen molar-refractivity contribution < 1.29 is 19.4 Å². The molecule has 5 nitrogen and oxygen atoms in total. The first-order chi connectivity index (χ1) is 14.2. The van der Waals surface area contributed by atoms with Crippen LogP contribution in [0.15, 0.2) is 84.9 Å². The van der Waals surface area contributed by atoms with Crippen molar-refractivity contribution in [3.8, 4) is 5.75 Å². The molecule has 3 rings (SSSR count). The Labute approximate surface area is 170 Å². The monoisotopic (exact) mass is 391 g/mol. The van der Waals surface area contributed by atoms with Gasteiger partial charge in [0.15, 0.2) is 0 Å². The van der Waals surface area contributed by atoms with E-state index < -0.39 is 12.1 Å². The third-order valence-electron chi connectivity index (χ3n) is 4.41. The van der Waals surface area contributed by atoms with Crippen molar-refractivity contribution in [2.45, 2.75) is 25.7 Å². The Hall–Kier alpha value is -3.31. The summed E-state index contributed by atoms with van der Waals surface area (Å²) in [4.78, 5) is 12.0. The number of nitrogens with one attached hydrogen (secondary N) is 1. The normalized spacial score (nSPS) is 11.5. The van der Waals surface area contributed by atoms with Gasteiger partial charge in [-0.2, -0.15) is 0 Å². The lowest BCUT2D eigenvalue weighted by molar-refractivity contribution is 0.129. The third kappa shape index (κ3) is 6.97. The zero-order valence-corrected chi connectivity index (χ0v) is 16.2. The molecule has 0 radical (unpaired) electrons. The van der Waals surface area contributed by atoms with Crippen molar-refractivity contribution in [2.24, 2.45) is 0 Å². The number of hydrogen-bond acceptors (Lipinski definition) is 4. The highest BCUT2D eigenvalue weighted by atomic mass is 16.5. The minimum Gasteiger partial charge on any atom is -0.489 e. The largest absolute Gasteiger partial charge is 0.489 e. The molecule has 0 bridgehead atoms. The molecule has 3 aromatic carbocycles. The first kappa shape index (κ1) is 20.4. The van der Waals surface area contributed by atoms with Crippen LogP contribution in [0.4, 0.5) is 4.79 Å². The number of aliphatic hydroxyl groups is 1. The van der Waals surface area contributed by atoms with Crippen molar-refractivity contribution in [1.29, 1.82) is 0 Å². The molecule has 0 heterocycles. The highest BCUT2D eigenvalue weighted by Gasteiger charge is 2.13. The standard InChI is InChI=1S/C24H25NO4/c26-16-22(25-24(27)29-18-21-9-5-2-6-10-21)15-19-11-13-23(14-12-19)28-17-20-7-3-1-4-8-20/h1-14,22,26H,15-18H2,(H,25,27)/t22-/m0/s1. The second-order valence-corrected chi connectivity index (χ2v) is 6.71. The Morgan fingerprint density at radius 2 is 1.38 bits per heavy atom. The molecule has 0 saturated carbocycles. The number of hydrogen-bond donors (Lipinski definition) is 2. The highest BCUT2D eigenvalue weighted by molar-refractivity contribution is 5.67. The predicted molar refractivity (Wildman–Crippen MR) is 112 cm³/mol. The second kappa shape index (κ2) is 10.9. The van der Waals surface area contributed by atoms with Crippen LogP contribution in [0.1, 0.15) is 16.7 Å². The lowest BCUT2D eigenvalue weighted by Crippen LogP contribution is -2.39. The topological polar surface area (TPSA) is 67.8 Å². The summed E-state index contributed by atoms with van der Waals surface area (Å²) in [5.41, 5.74) is 3.00. The van der Waals surface area contributed by atoms with Crippen molar-refractivity contribution in [3.63, 3.8) is 0 Å². The molecule has 1 amide bonds. The van der Waals surface area contributed by atoms with E-state index in [-0.39, 0.29) is 13.2 Å². The molecule has 2 N–H and O–H groups in total. The molecule has 29 heavy (non-hydrogen) atoms. The summed E-state index contributed by atoms with van der Waals surface area (Å²) in [6.07, 6.45) is -0.0497. The SMILES string of the molecule is O=C(N[C@H](CO)Cc1ccc(OCc2ccccc2)cc1)OCc1ccccc1. The van der Waals surface area contributed by atoms with E-state index in [9.17, 15) is 9.90 Å². The van der Waals surface area contributed by atoms with E-state index in [0.717, 1.165) is 22.4 Å². The maximum Gasteiger partial charge on any atom is 0.407 e. The zero-order valence-electron chi connectivity index (χ0n) is 16.2. The maximum atomic E-state index is 12.0. The van der Waals surface area contributed by atoms with Gasteiger partial charge in [-0.05, 0) is 35.2 Å². The van der Waals surface area contributed by atoms with Gasteiger partial charge in [-0.25, -0.2) is 4.79 Å². The molecule has 0 spiro atoms. The Kier molecular flexibility index (Phi) is 7.66. The Balaban J connectivity index is 1.45. The molecule has 0 aromatic heterocycles. The second-order valence-electron chi connectivity index (χ2n) is 6.71. The third-order valence-corrected chi connectivity index (χ3v) is 4.41. The summed E-state index contributed by atoms with van der Waals surface area (Å²) >= 11 is 0. The van der Waals surface area contributed by atoms with E-state index in [4.69, 9.17) is 9.47 Å². The van der Waals surface area contributed by atoms with Gasteiger partial charge in [-0.15, -0.1) is 0 Å². The summed E-state index contributed by atoms with van der Waals surface area (Å²) in [5.74, 6) is 0.772. The molecule has 150 valence electrons. The van der Waals surface area contributed by atoms with Crippen LogP contribution in [-0.4, -0.2) is 23.8 Å². The van der Waals surface area contributed by atoms with Gasteiger partial charge in [0.1, 0.15) is 19.0 Å². The van der Waals surface area contributed by atoms with Crippen LogP contribution < -0.4 is 10.1 Å². The van der Waals surface area contributed by atoms with Gasteiger partial charge in [0.05, 0.1) is 12.6 Å². The van der Waals surface area contributed by atoms with Crippen LogP contribution in [0.25, 0.3) is 0 Å². The molecule has 3 aromatic rings. The molecular formula is C24H25NO4. The lowest BCUT2D eigenvalue weighted by atomic mass is 10.1. The zero-order chi connectivity index (χ0) is 20.3. The number of carbonyl (C=O) groups excluding carboxylic acids is 1. The highest BCUT2D eigenvalue weighted by Crippen LogP contribution is 2.15. The average Bonchev–Trinajstić information content (AvgIpc) is 2.78. The fourth-order valence-electron chi connectivity index (χ4n) is 2.84. The average molecular weight is 391 g/mol. The fraction of sp³-hybridized carbons (Fsp3) is 0.208. The Morgan fingerprint density at radius 1 is 0.793 bits per heavy atom. The number of rotatable bonds is 9. The summed E-state index contributed by atoms with van der Waals surface area (Å²) in [7, 11) is 0. The van der Waals surface area contributed by atoms with Crippen LogP contribution in [-0.2, 0) is 24.4 Å². The van der Waals surface area contributed by atoms with Gasteiger partial charge in [-0.3, -0.25) is 0 Å². The number of benzene rings is 3. The van der Waals surface area contributed by atoms with Gasteiger partial charge in [0.2, 0.25) is 0 Å². The predicted octanol–water partition coefficient (Wildman–Crippen LogP) is 4.10. The van der Waals surface area contributed by atoms with Gasteiger partial charge < -0.3 is 19.9 Å². The molecule has 0 fully saturated rings. The number of ether oxygens (including phenoxy) is 2. The minimum absolute atomic E-state index is 0.174. The summed E-state index contributed by atoms with van der Waals surface area (Å²) in [5, 5.41) is 12.3. The van der Waals surface area contributed by atoms with E-state index >= 15 is 0 Å². The molecule has 0 saturated heterocycles. The quantitative estimate of drug-likeness (QED) is 0.576. The number of carbonyl (C=O) groups is 1. The fourth-order valence-corrected chi connectivity index (χ4v) is 2.84. The van der Waals surface area contributed by atoms with E-state index in [1.165, 1.54) is 0 Å². The molecule has 0 unspecified atom stereocenters. The van der Waals surface area contributed by atoms with Crippen LogP contribution >= 0.6 is 0 Å². The first-order valence-electron chi connectivity index (χ1n) is 9.56. The van der Waals surface area contributed by atoms with Gasteiger partial charge in [0, 0.05) is 0 Å².